The number of carbonyl (C=O) groups is 4. The fourth-order valence-electron chi connectivity index (χ4n) is 3.78. The number of carboxylic acid groups (broad SMARTS) is 1. The lowest BCUT2D eigenvalue weighted by Gasteiger charge is -2.26. The highest BCUT2D eigenvalue weighted by Crippen LogP contribution is 2.11. The Bertz CT molecular complexity index is 1050. The molecule has 2 rings (SSSR count). The van der Waals surface area contributed by atoms with Crippen LogP contribution in [0.25, 0.3) is 0 Å². The molecule has 0 fully saturated rings. The molecule has 0 spiro atoms. The lowest BCUT2D eigenvalue weighted by Crippen LogP contribution is -2.57. The van der Waals surface area contributed by atoms with Gasteiger partial charge in [-0.3, -0.25) is 9.59 Å². The van der Waals surface area contributed by atoms with Gasteiger partial charge in [0.05, 0.1) is 0 Å². The summed E-state index contributed by atoms with van der Waals surface area (Å²) in [6.07, 6.45) is 1.24. The highest BCUT2D eigenvalue weighted by Gasteiger charge is 2.30. The van der Waals surface area contributed by atoms with E-state index in [1.807, 2.05) is 67.6 Å². The van der Waals surface area contributed by atoms with Gasteiger partial charge in [0.2, 0.25) is 11.8 Å². The molecule has 3 amide bonds. The van der Waals surface area contributed by atoms with Crippen molar-refractivity contribution in [1.82, 2.24) is 16.0 Å². The summed E-state index contributed by atoms with van der Waals surface area (Å²) in [5.41, 5.74) is 0.823. The summed E-state index contributed by atoms with van der Waals surface area (Å²) in [6.45, 7) is 7.09. The van der Waals surface area contributed by atoms with E-state index in [0.717, 1.165) is 17.5 Å². The van der Waals surface area contributed by atoms with Gasteiger partial charge in [-0.05, 0) is 38.3 Å². The maximum Gasteiger partial charge on any atom is 0.408 e. The Kier molecular flexibility index (Phi) is 11.8. The number of alkyl carbamates (subject to hydrolysis) is 1. The lowest BCUT2D eigenvalue weighted by atomic mass is 10.0. The Morgan fingerprint density at radius 3 is 1.63 bits per heavy atom. The van der Waals surface area contributed by atoms with Crippen LogP contribution in [0.3, 0.4) is 0 Å². The molecule has 0 saturated heterocycles. The SMILES string of the molecule is CCCC[C@@H](NC(=O)[C@@H](Cc1ccccc1)NC(=O)[C@@H](Cc1ccccc1)NC(=O)OC(C)(C)C)C(=O)O. The van der Waals surface area contributed by atoms with Crippen LogP contribution < -0.4 is 16.0 Å². The Labute approximate surface area is 224 Å². The van der Waals surface area contributed by atoms with E-state index in [1.165, 1.54) is 0 Å². The van der Waals surface area contributed by atoms with Crippen LogP contribution in [0.1, 0.15) is 58.1 Å². The number of carboxylic acids is 1. The molecule has 0 heterocycles. The maximum absolute atomic E-state index is 13.5. The Morgan fingerprint density at radius 2 is 1.21 bits per heavy atom. The first-order valence-corrected chi connectivity index (χ1v) is 12.9. The van der Waals surface area contributed by atoms with Crippen LogP contribution in [0.5, 0.6) is 0 Å². The van der Waals surface area contributed by atoms with E-state index in [4.69, 9.17) is 4.74 Å². The topological polar surface area (TPSA) is 134 Å². The smallest absolute Gasteiger partial charge is 0.408 e. The summed E-state index contributed by atoms with van der Waals surface area (Å²) < 4.78 is 5.35. The van der Waals surface area contributed by atoms with E-state index in [1.54, 1.807) is 20.8 Å². The van der Waals surface area contributed by atoms with Gasteiger partial charge in [-0.1, -0.05) is 80.4 Å². The molecule has 3 atom stereocenters. The number of benzene rings is 2. The van der Waals surface area contributed by atoms with Crippen LogP contribution in [-0.4, -0.2) is 52.7 Å². The monoisotopic (exact) mass is 525 g/mol. The number of amides is 3. The van der Waals surface area contributed by atoms with Gasteiger partial charge >= 0.3 is 12.1 Å². The Hall–Kier alpha value is -3.88. The molecule has 0 aliphatic carbocycles. The lowest BCUT2D eigenvalue weighted by molar-refractivity contribution is -0.142. The number of hydrogen-bond donors (Lipinski definition) is 4. The third kappa shape index (κ3) is 11.0. The normalized spacial score (nSPS) is 13.5. The first-order chi connectivity index (χ1) is 18.0. The largest absolute Gasteiger partial charge is 0.480 e. The van der Waals surface area contributed by atoms with Crippen LogP contribution in [-0.2, 0) is 32.0 Å². The van der Waals surface area contributed by atoms with Crippen molar-refractivity contribution in [3.05, 3.63) is 71.8 Å². The van der Waals surface area contributed by atoms with Gasteiger partial charge in [-0.25, -0.2) is 9.59 Å². The number of nitrogens with one attached hydrogen (secondary N) is 3. The zero-order valence-electron chi connectivity index (χ0n) is 22.5. The first-order valence-electron chi connectivity index (χ1n) is 12.9. The highest BCUT2D eigenvalue weighted by molar-refractivity contribution is 5.93. The minimum Gasteiger partial charge on any atom is -0.480 e. The number of ether oxygens (including phenoxy) is 1. The molecule has 38 heavy (non-hydrogen) atoms. The molecule has 206 valence electrons. The molecule has 0 saturated carbocycles. The van der Waals surface area contributed by atoms with Gasteiger partial charge in [0.25, 0.3) is 0 Å². The molecule has 2 aromatic rings. The maximum atomic E-state index is 13.5. The number of rotatable bonds is 13. The molecule has 4 N–H and O–H groups in total. The van der Waals surface area contributed by atoms with Crippen molar-refractivity contribution >= 4 is 23.9 Å². The summed E-state index contributed by atoms with van der Waals surface area (Å²) in [4.78, 5) is 51.0. The van der Waals surface area contributed by atoms with E-state index >= 15 is 0 Å². The number of hydrogen-bond acceptors (Lipinski definition) is 5. The molecule has 9 heteroatoms. The fourth-order valence-corrected chi connectivity index (χ4v) is 3.78. The zero-order valence-corrected chi connectivity index (χ0v) is 22.5. The van der Waals surface area contributed by atoms with Crippen molar-refractivity contribution in [3.8, 4) is 0 Å². The summed E-state index contributed by atoms with van der Waals surface area (Å²) in [6, 6.07) is 15.1. The molecule has 0 radical (unpaired) electrons. The number of aliphatic carboxylic acids is 1. The van der Waals surface area contributed by atoms with Crippen molar-refractivity contribution in [1.29, 1.82) is 0 Å². The van der Waals surface area contributed by atoms with Gasteiger partial charge in [0.15, 0.2) is 0 Å². The van der Waals surface area contributed by atoms with E-state index in [0.29, 0.717) is 6.42 Å². The molecular formula is C29H39N3O6. The van der Waals surface area contributed by atoms with E-state index < -0.39 is 47.6 Å². The van der Waals surface area contributed by atoms with Crippen LogP contribution in [0.4, 0.5) is 4.79 Å². The van der Waals surface area contributed by atoms with Crippen LogP contribution in [0.2, 0.25) is 0 Å². The second-order valence-electron chi connectivity index (χ2n) is 10.2. The van der Waals surface area contributed by atoms with E-state index in [2.05, 4.69) is 16.0 Å². The third-order valence-electron chi connectivity index (χ3n) is 5.67. The number of unbranched alkanes of at least 4 members (excludes halogenated alkanes) is 1. The number of carbonyl (C=O) groups excluding carboxylic acids is 3. The van der Waals surface area contributed by atoms with Crippen molar-refractivity contribution in [3.63, 3.8) is 0 Å². The Balaban J connectivity index is 2.27. The van der Waals surface area contributed by atoms with Crippen LogP contribution >= 0.6 is 0 Å². The van der Waals surface area contributed by atoms with E-state index in [9.17, 15) is 24.3 Å². The second kappa shape index (κ2) is 14.8. The predicted molar refractivity (Wildman–Crippen MR) is 144 cm³/mol. The predicted octanol–water partition coefficient (Wildman–Crippen LogP) is 3.61. The van der Waals surface area contributed by atoms with Crippen LogP contribution in [0.15, 0.2) is 60.7 Å². The van der Waals surface area contributed by atoms with Crippen molar-refractivity contribution in [2.45, 2.75) is 83.5 Å². The van der Waals surface area contributed by atoms with Gasteiger partial charge in [-0.2, -0.15) is 0 Å². The van der Waals surface area contributed by atoms with Crippen molar-refractivity contribution in [2.24, 2.45) is 0 Å². The molecule has 0 bridgehead atoms. The second-order valence-corrected chi connectivity index (χ2v) is 10.2. The fraction of sp³-hybridized carbons (Fsp3) is 0.448. The summed E-state index contributed by atoms with van der Waals surface area (Å²) in [5.74, 6) is -2.33. The van der Waals surface area contributed by atoms with Crippen molar-refractivity contribution in [2.75, 3.05) is 0 Å². The standard InChI is InChI=1S/C29H39N3O6/c1-5-6-17-22(27(35)36)30-25(33)23(18-20-13-9-7-10-14-20)31-26(34)24(19-21-15-11-8-12-16-21)32-28(37)38-29(2,3)4/h7-16,22-24H,5-6,17-19H2,1-4H3,(H,30,33)(H,31,34)(H,32,37)(H,35,36)/t22-,23-,24-/m1/s1. The molecule has 0 aromatic heterocycles. The first kappa shape index (κ1) is 30.3. The third-order valence-corrected chi connectivity index (χ3v) is 5.67. The van der Waals surface area contributed by atoms with Gasteiger partial charge < -0.3 is 25.8 Å². The molecule has 0 aliphatic rings. The van der Waals surface area contributed by atoms with Gasteiger partial charge in [0, 0.05) is 12.8 Å². The summed E-state index contributed by atoms with van der Waals surface area (Å²) in [7, 11) is 0. The molecular weight excluding hydrogens is 486 g/mol. The zero-order chi connectivity index (χ0) is 28.1. The average molecular weight is 526 g/mol. The van der Waals surface area contributed by atoms with Gasteiger partial charge in [-0.15, -0.1) is 0 Å². The van der Waals surface area contributed by atoms with Crippen LogP contribution in [0, 0.1) is 0 Å². The minimum absolute atomic E-state index is 0.142. The summed E-state index contributed by atoms with van der Waals surface area (Å²) in [5, 5.41) is 17.5. The molecule has 0 unspecified atom stereocenters. The van der Waals surface area contributed by atoms with E-state index in [-0.39, 0.29) is 19.3 Å². The quantitative estimate of drug-likeness (QED) is 0.316. The molecule has 9 nitrogen and oxygen atoms in total. The average Bonchev–Trinajstić information content (AvgIpc) is 2.85. The highest BCUT2D eigenvalue weighted by atomic mass is 16.6. The van der Waals surface area contributed by atoms with Crippen molar-refractivity contribution < 1.29 is 29.0 Å². The molecule has 0 aliphatic heterocycles. The minimum atomic E-state index is -1.13. The Morgan fingerprint density at radius 1 is 0.763 bits per heavy atom. The molecule has 2 aromatic carbocycles. The van der Waals surface area contributed by atoms with Gasteiger partial charge in [0.1, 0.15) is 23.7 Å². The summed E-state index contributed by atoms with van der Waals surface area (Å²) >= 11 is 0.